The first-order valence-electron chi connectivity index (χ1n) is 6.26. The Kier molecular flexibility index (Phi) is 6.07. The van der Waals surface area contributed by atoms with E-state index in [2.05, 4.69) is 5.32 Å². The molecule has 1 unspecified atom stereocenters. The minimum atomic E-state index is -1.01. The molecule has 1 rings (SSSR count). The molecule has 0 aromatic carbocycles. The van der Waals surface area contributed by atoms with E-state index >= 15 is 0 Å². The van der Waals surface area contributed by atoms with Crippen molar-refractivity contribution in [2.45, 2.75) is 50.9 Å². The van der Waals surface area contributed by atoms with Crippen molar-refractivity contribution in [2.75, 3.05) is 13.7 Å². The molecular weight excluding hydrogens is 238 g/mol. The Morgan fingerprint density at radius 1 is 1.44 bits per heavy atom. The molecule has 0 radical (unpaired) electrons. The van der Waals surface area contributed by atoms with Crippen molar-refractivity contribution < 1.29 is 24.2 Å². The molecule has 2 N–H and O–H groups in total. The molecule has 3 atom stereocenters. The van der Waals surface area contributed by atoms with E-state index in [0.29, 0.717) is 19.4 Å². The van der Waals surface area contributed by atoms with Gasteiger partial charge >= 0.3 is 5.97 Å². The summed E-state index contributed by atoms with van der Waals surface area (Å²) in [6.07, 6.45) is 1.10. The molecule has 1 heterocycles. The summed E-state index contributed by atoms with van der Waals surface area (Å²) in [7, 11) is 1.58. The number of carbonyl (C=O) groups excluding carboxylic acids is 1. The van der Waals surface area contributed by atoms with Crippen LogP contribution in [0.2, 0.25) is 0 Å². The fraction of sp³-hybridized carbons (Fsp3) is 0.833. The Bertz CT molecular complexity index is 288. The van der Waals surface area contributed by atoms with E-state index in [-0.39, 0.29) is 11.9 Å². The molecule has 104 valence electrons. The first-order valence-corrected chi connectivity index (χ1v) is 6.26. The summed E-state index contributed by atoms with van der Waals surface area (Å²) in [5, 5.41) is 11.6. The van der Waals surface area contributed by atoms with Crippen molar-refractivity contribution in [3.63, 3.8) is 0 Å². The quantitative estimate of drug-likeness (QED) is 0.697. The number of hydrogen-bond donors (Lipinski definition) is 2. The van der Waals surface area contributed by atoms with Gasteiger partial charge in [-0.2, -0.15) is 0 Å². The standard InChI is InChI=1S/C12H21NO5/c1-3-4-8(7-17-2)13-11(14)9-5-6-10(18-9)12(15)16/h8-10H,3-7H2,1-2H3,(H,13,14)(H,15,16)/t8?,9-,10+/m0/s1. The number of rotatable bonds is 7. The summed E-state index contributed by atoms with van der Waals surface area (Å²) in [4.78, 5) is 22.6. The Hall–Kier alpha value is -1.14. The van der Waals surface area contributed by atoms with Crippen LogP contribution in [0.15, 0.2) is 0 Å². The molecule has 18 heavy (non-hydrogen) atoms. The van der Waals surface area contributed by atoms with Crippen LogP contribution in [0, 0.1) is 0 Å². The van der Waals surface area contributed by atoms with Crippen LogP contribution in [0.3, 0.4) is 0 Å². The first-order chi connectivity index (χ1) is 8.58. The molecule has 1 fully saturated rings. The SMILES string of the molecule is CCCC(COC)NC(=O)[C@@H]1CC[C@H](C(=O)O)O1. The van der Waals surface area contributed by atoms with Gasteiger partial charge in [0.2, 0.25) is 5.91 Å². The molecule has 6 nitrogen and oxygen atoms in total. The number of amides is 1. The average Bonchev–Trinajstić information content (AvgIpc) is 2.79. The molecule has 0 aromatic rings. The number of aliphatic carboxylic acids is 1. The molecule has 0 aromatic heterocycles. The van der Waals surface area contributed by atoms with Crippen LogP contribution in [0.25, 0.3) is 0 Å². The average molecular weight is 259 g/mol. The topological polar surface area (TPSA) is 84.9 Å². The molecule has 6 heteroatoms. The van der Waals surface area contributed by atoms with Crippen LogP contribution in [0.5, 0.6) is 0 Å². The molecule has 0 aliphatic carbocycles. The molecule has 1 aliphatic rings. The van der Waals surface area contributed by atoms with Gasteiger partial charge in [0, 0.05) is 7.11 Å². The second kappa shape index (κ2) is 7.33. The summed E-state index contributed by atoms with van der Waals surface area (Å²) >= 11 is 0. The normalized spacial score (nSPS) is 24.8. The smallest absolute Gasteiger partial charge is 0.332 e. The van der Waals surface area contributed by atoms with Crippen molar-refractivity contribution in [1.29, 1.82) is 0 Å². The summed E-state index contributed by atoms with van der Waals surface area (Å²) in [6.45, 7) is 2.48. The van der Waals surface area contributed by atoms with E-state index in [0.717, 1.165) is 12.8 Å². The van der Waals surface area contributed by atoms with Crippen molar-refractivity contribution in [1.82, 2.24) is 5.32 Å². The zero-order valence-electron chi connectivity index (χ0n) is 10.8. The lowest BCUT2D eigenvalue weighted by Crippen LogP contribution is -2.43. The number of carbonyl (C=O) groups is 2. The fourth-order valence-corrected chi connectivity index (χ4v) is 2.05. The van der Waals surface area contributed by atoms with Gasteiger partial charge in [0.1, 0.15) is 6.10 Å². The second-order valence-corrected chi connectivity index (χ2v) is 4.48. The van der Waals surface area contributed by atoms with Crippen molar-refractivity contribution >= 4 is 11.9 Å². The van der Waals surface area contributed by atoms with E-state index < -0.39 is 18.2 Å². The molecule has 1 amide bonds. The first kappa shape index (κ1) is 14.9. The fourth-order valence-electron chi connectivity index (χ4n) is 2.05. The summed E-state index contributed by atoms with van der Waals surface area (Å²) in [5.41, 5.74) is 0. The molecule has 1 aliphatic heterocycles. The Balaban J connectivity index is 2.42. The van der Waals surface area contributed by atoms with Gasteiger partial charge < -0.3 is 19.9 Å². The zero-order valence-corrected chi connectivity index (χ0v) is 10.8. The maximum Gasteiger partial charge on any atom is 0.332 e. The third-order valence-corrected chi connectivity index (χ3v) is 2.94. The van der Waals surface area contributed by atoms with Gasteiger partial charge in [0.25, 0.3) is 0 Å². The summed E-state index contributed by atoms with van der Waals surface area (Å²) in [6, 6.07) is -0.0417. The van der Waals surface area contributed by atoms with Crippen LogP contribution < -0.4 is 5.32 Å². The lowest BCUT2D eigenvalue weighted by Gasteiger charge is -2.19. The number of methoxy groups -OCH3 is 1. The highest BCUT2D eigenvalue weighted by molar-refractivity contribution is 5.82. The van der Waals surface area contributed by atoms with E-state index in [1.54, 1.807) is 7.11 Å². The maximum absolute atomic E-state index is 11.9. The van der Waals surface area contributed by atoms with Crippen LogP contribution in [-0.4, -0.2) is 48.9 Å². The summed E-state index contributed by atoms with van der Waals surface area (Å²) in [5.74, 6) is -1.25. The van der Waals surface area contributed by atoms with Gasteiger partial charge in [-0.05, 0) is 19.3 Å². The predicted molar refractivity (Wildman–Crippen MR) is 64.2 cm³/mol. The monoisotopic (exact) mass is 259 g/mol. The highest BCUT2D eigenvalue weighted by atomic mass is 16.5. The minimum Gasteiger partial charge on any atom is -0.479 e. The largest absolute Gasteiger partial charge is 0.479 e. The number of hydrogen-bond acceptors (Lipinski definition) is 4. The predicted octanol–water partition coefficient (Wildman–Crippen LogP) is 0.550. The lowest BCUT2D eigenvalue weighted by atomic mass is 10.1. The molecule has 0 spiro atoms. The van der Waals surface area contributed by atoms with Crippen LogP contribution in [-0.2, 0) is 19.1 Å². The Morgan fingerprint density at radius 3 is 2.61 bits per heavy atom. The highest BCUT2D eigenvalue weighted by Gasteiger charge is 2.35. The highest BCUT2D eigenvalue weighted by Crippen LogP contribution is 2.20. The third kappa shape index (κ3) is 4.27. The van der Waals surface area contributed by atoms with Crippen LogP contribution in [0.4, 0.5) is 0 Å². The molecule has 0 bridgehead atoms. The van der Waals surface area contributed by atoms with Crippen LogP contribution >= 0.6 is 0 Å². The van der Waals surface area contributed by atoms with Gasteiger partial charge in [-0.25, -0.2) is 4.79 Å². The number of ether oxygens (including phenoxy) is 2. The molecular formula is C12H21NO5. The Morgan fingerprint density at radius 2 is 2.11 bits per heavy atom. The van der Waals surface area contributed by atoms with Crippen LogP contribution in [0.1, 0.15) is 32.6 Å². The zero-order chi connectivity index (χ0) is 13.5. The van der Waals surface area contributed by atoms with Gasteiger partial charge in [-0.3, -0.25) is 4.79 Å². The van der Waals surface area contributed by atoms with Gasteiger partial charge in [0.05, 0.1) is 12.6 Å². The number of nitrogens with one attached hydrogen (secondary N) is 1. The molecule has 1 saturated heterocycles. The van der Waals surface area contributed by atoms with E-state index in [4.69, 9.17) is 14.6 Å². The van der Waals surface area contributed by atoms with Crippen molar-refractivity contribution in [2.24, 2.45) is 0 Å². The van der Waals surface area contributed by atoms with Crippen molar-refractivity contribution in [3.8, 4) is 0 Å². The third-order valence-electron chi connectivity index (χ3n) is 2.94. The number of carboxylic acids is 1. The van der Waals surface area contributed by atoms with Crippen molar-refractivity contribution in [3.05, 3.63) is 0 Å². The Labute approximate surface area is 107 Å². The van der Waals surface area contributed by atoms with E-state index in [1.165, 1.54) is 0 Å². The number of carboxylic acid groups (broad SMARTS) is 1. The molecule has 0 saturated carbocycles. The summed E-state index contributed by atoms with van der Waals surface area (Å²) < 4.78 is 10.2. The minimum absolute atomic E-state index is 0.0417. The van der Waals surface area contributed by atoms with Gasteiger partial charge in [0.15, 0.2) is 6.10 Å². The van der Waals surface area contributed by atoms with E-state index in [1.807, 2.05) is 6.92 Å². The second-order valence-electron chi connectivity index (χ2n) is 4.48. The maximum atomic E-state index is 11.9. The van der Waals surface area contributed by atoms with Gasteiger partial charge in [-0.15, -0.1) is 0 Å². The van der Waals surface area contributed by atoms with E-state index in [9.17, 15) is 9.59 Å². The lowest BCUT2D eigenvalue weighted by molar-refractivity contribution is -0.152. The van der Waals surface area contributed by atoms with Gasteiger partial charge in [-0.1, -0.05) is 13.3 Å².